The van der Waals surface area contributed by atoms with E-state index in [2.05, 4.69) is 258 Å². The van der Waals surface area contributed by atoms with Gasteiger partial charge in [-0.25, -0.2) is 0 Å². The van der Waals surface area contributed by atoms with E-state index in [1.807, 2.05) is 72.8 Å². The van der Waals surface area contributed by atoms with Crippen LogP contribution in [-0.4, -0.2) is 6.71 Å². The Kier molecular flexibility index (Phi) is 14.3. The molecule has 2 aliphatic heterocycles. The minimum Gasteiger partial charge on any atom is -0.458 e. The van der Waals surface area contributed by atoms with Crippen molar-refractivity contribution in [3.05, 3.63) is 265 Å². The third-order valence-corrected chi connectivity index (χ3v) is 17.4. The molecule has 87 heavy (non-hydrogen) atoms. The van der Waals surface area contributed by atoms with Gasteiger partial charge in [0, 0.05) is 22.5 Å². The summed E-state index contributed by atoms with van der Waals surface area (Å²) in [5, 5.41) is 0. The molecule has 0 radical (unpaired) electrons. The molecule has 0 aromatic heterocycles. The zero-order chi connectivity index (χ0) is 60.6. The lowest BCUT2D eigenvalue weighted by Gasteiger charge is -2.42. The molecule has 0 N–H and O–H groups in total. The molecule has 11 aromatic carbocycles. The Hall–Kier alpha value is -9.32. The van der Waals surface area contributed by atoms with Crippen LogP contribution in [0.2, 0.25) is 0 Å². The third kappa shape index (κ3) is 11.3. The Morgan fingerprint density at radius 3 is 1.20 bits per heavy atom. The van der Waals surface area contributed by atoms with E-state index in [0.29, 0.717) is 0 Å². The molecule has 13 rings (SSSR count). The van der Waals surface area contributed by atoms with Crippen LogP contribution >= 0.6 is 0 Å². The maximum Gasteiger partial charge on any atom is 0.256 e. The molecule has 0 unspecified atom stereocenters. The molecule has 4 nitrogen and oxygen atoms in total. The van der Waals surface area contributed by atoms with Crippen LogP contribution in [0.4, 0.5) is 17.1 Å². The molecule has 0 saturated heterocycles. The van der Waals surface area contributed by atoms with Gasteiger partial charge in [-0.05, 0) is 178 Å². The highest BCUT2D eigenvalue weighted by Gasteiger charge is 2.44. The van der Waals surface area contributed by atoms with Gasteiger partial charge in [-0.2, -0.15) is 0 Å². The second-order valence-corrected chi connectivity index (χ2v) is 27.9. The summed E-state index contributed by atoms with van der Waals surface area (Å²) >= 11 is 0. The highest BCUT2D eigenvalue weighted by Crippen LogP contribution is 2.51. The maximum atomic E-state index is 7.47. The van der Waals surface area contributed by atoms with Crippen LogP contribution in [0, 0.1) is 0 Å². The first-order valence-electron chi connectivity index (χ1n) is 30.7. The van der Waals surface area contributed by atoms with Gasteiger partial charge in [-0.1, -0.05) is 253 Å². The number of nitrogens with zero attached hydrogens (tertiary/aromatic N) is 1. The molecular weight excluding hydrogens is 1060 g/mol. The average molecular weight is 1130 g/mol. The molecule has 2 heterocycles. The normalized spacial score (nSPS) is 12.9. The predicted molar refractivity (Wildman–Crippen MR) is 367 cm³/mol. The van der Waals surface area contributed by atoms with Gasteiger partial charge >= 0.3 is 0 Å². The second-order valence-electron chi connectivity index (χ2n) is 27.9. The van der Waals surface area contributed by atoms with E-state index >= 15 is 0 Å². The van der Waals surface area contributed by atoms with Crippen molar-refractivity contribution in [1.29, 1.82) is 0 Å². The molecular formula is C82H76BNO3. The summed E-state index contributed by atoms with van der Waals surface area (Å²) in [5.41, 5.74) is 22.6. The topological polar surface area (TPSA) is 30.9 Å². The van der Waals surface area contributed by atoms with Crippen molar-refractivity contribution in [1.82, 2.24) is 0 Å². The van der Waals surface area contributed by atoms with Crippen molar-refractivity contribution in [2.24, 2.45) is 0 Å². The second kappa shape index (κ2) is 21.9. The van der Waals surface area contributed by atoms with Gasteiger partial charge in [0.05, 0.1) is 5.69 Å². The average Bonchev–Trinajstić information content (AvgIpc) is 0.765. The number of rotatable bonds is 10. The first-order valence-corrected chi connectivity index (χ1v) is 30.7. The standard InChI is InChI=1S/C82H76BNO3/c1-79(2,3)61-41-58(42-62(51-61)80(4,5)6)54-37-39-73-71(47-54)83-72-48-55(59-43-63(81(7,8)9)52-64(44-59)82(10,11)12)38-40-75(72)87-76-50-60(53-25-16-13-17-26-53)49-74(77(76)83)84(73)78-69(56-27-22-33-67(45-56)85-65-29-18-14-19-30-65)35-24-36-70(78)57-28-23-34-68(46-57)86-66-31-20-15-21-32-66/h13-52H,1-12H3. The third-order valence-electron chi connectivity index (χ3n) is 17.4. The summed E-state index contributed by atoms with van der Waals surface area (Å²) in [6.45, 7) is 27.6. The van der Waals surface area contributed by atoms with E-state index < -0.39 is 0 Å². The Bertz CT molecular complexity index is 4240. The monoisotopic (exact) mass is 1130 g/mol. The van der Waals surface area contributed by atoms with Crippen molar-refractivity contribution in [3.8, 4) is 90.1 Å². The maximum absolute atomic E-state index is 7.47. The Labute approximate surface area is 516 Å². The van der Waals surface area contributed by atoms with Crippen LogP contribution in [0.5, 0.6) is 34.5 Å². The van der Waals surface area contributed by atoms with Crippen LogP contribution in [0.1, 0.15) is 105 Å². The van der Waals surface area contributed by atoms with Crippen LogP contribution in [0.15, 0.2) is 243 Å². The lowest BCUT2D eigenvalue weighted by molar-refractivity contribution is 0.482. The smallest absolute Gasteiger partial charge is 0.256 e. The quantitative estimate of drug-likeness (QED) is 0.128. The number of hydrogen-bond acceptors (Lipinski definition) is 4. The summed E-state index contributed by atoms with van der Waals surface area (Å²) in [7, 11) is 0. The lowest BCUT2D eigenvalue weighted by atomic mass is 9.34. The summed E-state index contributed by atoms with van der Waals surface area (Å²) in [6, 6.07) is 87.9. The van der Waals surface area contributed by atoms with E-state index in [4.69, 9.17) is 14.2 Å². The molecule has 5 heteroatoms. The Morgan fingerprint density at radius 2 is 0.713 bits per heavy atom. The first-order chi connectivity index (χ1) is 41.6. The summed E-state index contributed by atoms with van der Waals surface area (Å²) < 4.78 is 20.7. The van der Waals surface area contributed by atoms with Crippen molar-refractivity contribution >= 4 is 40.2 Å². The minimum atomic E-state index is -0.226. The fraction of sp³-hybridized carbons (Fsp3) is 0.195. The number of fused-ring (bicyclic) bond motifs is 4. The molecule has 0 fully saturated rings. The molecule has 430 valence electrons. The number of anilines is 3. The zero-order valence-corrected chi connectivity index (χ0v) is 52.3. The van der Waals surface area contributed by atoms with Gasteiger partial charge < -0.3 is 19.1 Å². The summed E-state index contributed by atoms with van der Waals surface area (Å²) in [4.78, 5) is 2.55. The van der Waals surface area contributed by atoms with Gasteiger partial charge in [-0.3, -0.25) is 0 Å². The molecule has 0 atom stereocenters. The van der Waals surface area contributed by atoms with Gasteiger partial charge in [0.15, 0.2) is 0 Å². The van der Waals surface area contributed by atoms with Crippen LogP contribution < -0.4 is 35.5 Å². The zero-order valence-electron chi connectivity index (χ0n) is 52.3. The van der Waals surface area contributed by atoms with Crippen LogP contribution in [0.3, 0.4) is 0 Å². The van der Waals surface area contributed by atoms with Gasteiger partial charge in [0.25, 0.3) is 6.71 Å². The predicted octanol–water partition coefficient (Wildman–Crippen LogP) is 21.2. The molecule has 11 aromatic rings. The molecule has 2 aliphatic rings. The molecule has 0 spiro atoms. The highest BCUT2D eigenvalue weighted by molar-refractivity contribution is 6.99. The molecule has 0 saturated carbocycles. The van der Waals surface area contributed by atoms with Crippen molar-refractivity contribution < 1.29 is 14.2 Å². The number of benzene rings is 11. The van der Waals surface area contributed by atoms with E-state index in [0.717, 1.165) is 107 Å². The minimum absolute atomic E-state index is 0.0570. The first kappa shape index (κ1) is 56.8. The van der Waals surface area contributed by atoms with Crippen molar-refractivity contribution in [2.45, 2.75) is 105 Å². The summed E-state index contributed by atoms with van der Waals surface area (Å²) in [6.07, 6.45) is 0. The van der Waals surface area contributed by atoms with Gasteiger partial charge in [-0.15, -0.1) is 0 Å². The molecule has 0 aliphatic carbocycles. The van der Waals surface area contributed by atoms with E-state index in [1.165, 1.54) is 38.8 Å². The lowest BCUT2D eigenvalue weighted by Crippen LogP contribution is -2.59. The number of ether oxygens (including phenoxy) is 3. The van der Waals surface area contributed by atoms with Gasteiger partial charge in [0.2, 0.25) is 0 Å². The van der Waals surface area contributed by atoms with Gasteiger partial charge in [0.1, 0.15) is 34.5 Å². The number of hydrogen-bond donors (Lipinski definition) is 0. The molecule has 0 amide bonds. The summed E-state index contributed by atoms with van der Waals surface area (Å²) in [5.74, 6) is 4.74. The van der Waals surface area contributed by atoms with Crippen LogP contribution in [0.25, 0.3) is 55.6 Å². The van der Waals surface area contributed by atoms with Crippen molar-refractivity contribution in [2.75, 3.05) is 4.90 Å². The Morgan fingerprint density at radius 1 is 0.299 bits per heavy atom. The highest BCUT2D eigenvalue weighted by atomic mass is 16.5. The SMILES string of the molecule is CC(C)(C)c1cc(-c2ccc3c(c2)B2c4cc(-c5cc(C(C)(C)C)cc(C(C)(C)C)c5)ccc4N(c4c(-c5cccc(Oc6ccccc6)c5)cccc4-c4cccc(Oc5ccccc5)c4)c4cc(-c5ccccc5)cc(c42)O3)cc(C(C)(C)C)c1. The van der Waals surface area contributed by atoms with Crippen LogP contribution in [-0.2, 0) is 21.7 Å². The fourth-order valence-electron chi connectivity index (χ4n) is 12.4. The fourth-order valence-corrected chi connectivity index (χ4v) is 12.4. The molecule has 0 bridgehead atoms. The number of para-hydroxylation sites is 3. The Balaban J connectivity index is 1.12. The van der Waals surface area contributed by atoms with E-state index in [-0.39, 0.29) is 28.4 Å². The van der Waals surface area contributed by atoms with E-state index in [1.54, 1.807) is 0 Å². The van der Waals surface area contributed by atoms with Crippen molar-refractivity contribution in [3.63, 3.8) is 0 Å². The van der Waals surface area contributed by atoms with E-state index in [9.17, 15) is 0 Å². The largest absolute Gasteiger partial charge is 0.458 e.